The molecule has 6 heteroatoms. The number of benzene rings is 3. The molecule has 4 rings (SSSR count). The van der Waals surface area contributed by atoms with E-state index in [0.717, 1.165) is 16.3 Å². The molecule has 144 valence electrons. The Hall–Kier alpha value is -2.37. The Labute approximate surface area is 169 Å². The normalized spacial score (nSPS) is 18.2. The Balaban J connectivity index is 1.76. The standard InChI is InChI=1S/C22H20ClNO3S/c23-21-11-4-2-7-17(21)14-24(18-12-13-28(26,27)15-18)22(25)20-10-5-8-16-6-1-3-9-19(16)20/h1-11,18H,12-15H2/t18-/m0/s1. The van der Waals surface area contributed by atoms with E-state index in [1.54, 1.807) is 17.0 Å². The first-order valence-electron chi connectivity index (χ1n) is 9.17. The Morgan fingerprint density at radius 2 is 1.71 bits per heavy atom. The maximum absolute atomic E-state index is 13.6. The number of carbonyl (C=O) groups excluding carboxylic acids is 1. The summed E-state index contributed by atoms with van der Waals surface area (Å²) in [6.45, 7) is 0.280. The first-order valence-corrected chi connectivity index (χ1v) is 11.4. The van der Waals surface area contributed by atoms with Crippen LogP contribution < -0.4 is 0 Å². The van der Waals surface area contributed by atoms with Crippen LogP contribution in [0.4, 0.5) is 0 Å². The van der Waals surface area contributed by atoms with Gasteiger partial charge in [0.05, 0.1) is 11.5 Å². The van der Waals surface area contributed by atoms with E-state index in [2.05, 4.69) is 0 Å². The molecule has 1 heterocycles. The van der Waals surface area contributed by atoms with Crippen molar-refractivity contribution in [3.63, 3.8) is 0 Å². The molecule has 0 bridgehead atoms. The monoisotopic (exact) mass is 413 g/mol. The van der Waals surface area contributed by atoms with Crippen LogP contribution in [-0.2, 0) is 16.4 Å². The smallest absolute Gasteiger partial charge is 0.255 e. The van der Waals surface area contributed by atoms with Crippen molar-refractivity contribution in [3.8, 4) is 0 Å². The van der Waals surface area contributed by atoms with Gasteiger partial charge >= 0.3 is 0 Å². The van der Waals surface area contributed by atoms with Gasteiger partial charge in [-0.25, -0.2) is 8.42 Å². The molecular weight excluding hydrogens is 394 g/mol. The van der Waals surface area contributed by atoms with Gasteiger partial charge in [0, 0.05) is 23.2 Å². The third-order valence-electron chi connectivity index (χ3n) is 5.23. The van der Waals surface area contributed by atoms with Gasteiger partial charge in [0.2, 0.25) is 0 Å². The van der Waals surface area contributed by atoms with Crippen molar-refractivity contribution in [2.45, 2.75) is 19.0 Å². The van der Waals surface area contributed by atoms with Crippen molar-refractivity contribution in [2.75, 3.05) is 11.5 Å². The minimum Gasteiger partial charge on any atom is -0.330 e. The number of fused-ring (bicyclic) bond motifs is 1. The summed E-state index contributed by atoms with van der Waals surface area (Å²) in [6.07, 6.45) is 0.448. The molecule has 0 aromatic heterocycles. The summed E-state index contributed by atoms with van der Waals surface area (Å²) in [4.78, 5) is 15.2. The number of hydrogen-bond acceptors (Lipinski definition) is 3. The third kappa shape index (κ3) is 3.77. The van der Waals surface area contributed by atoms with Crippen molar-refractivity contribution in [1.82, 2.24) is 4.90 Å². The van der Waals surface area contributed by atoms with E-state index in [-0.39, 0.29) is 30.0 Å². The maximum Gasteiger partial charge on any atom is 0.255 e. The van der Waals surface area contributed by atoms with Crippen LogP contribution in [0.25, 0.3) is 10.8 Å². The molecule has 1 aliphatic rings. The highest BCUT2D eigenvalue weighted by Gasteiger charge is 2.35. The fraction of sp³-hybridized carbons (Fsp3) is 0.227. The van der Waals surface area contributed by atoms with E-state index in [4.69, 9.17) is 11.6 Å². The number of hydrogen-bond donors (Lipinski definition) is 0. The lowest BCUT2D eigenvalue weighted by atomic mass is 10.0. The van der Waals surface area contributed by atoms with Crippen LogP contribution in [0.3, 0.4) is 0 Å². The van der Waals surface area contributed by atoms with Crippen molar-refractivity contribution in [1.29, 1.82) is 0 Å². The van der Waals surface area contributed by atoms with Crippen molar-refractivity contribution in [2.24, 2.45) is 0 Å². The molecule has 0 N–H and O–H groups in total. The molecule has 3 aromatic carbocycles. The van der Waals surface area contributed by atoms with Crippen molar-refractivity contribution < 1.29 is 13.2 Å². The maximum atomic E-state index is 13.6. The number of nitrogens with zero attached hydrogens (tertiary/aromatic N) is 1. The highest BCUT2D eigenvalue weighted by atomic mass is 35.5. The van der Waals surface area contributed by atoms with Gasteiger partial charge in [-0.3, -0.25) is 4.79 Å². The van der Waals surface area contributed by atoms with Gasteiger partial charge < -0.3 is 4.90 Å². The molecule has 1 saturated heterocycles. The van der Waals surface area contributed by atoms with Gasteiger partial charge in [0.15, 0.2) is 9.84 Å². The van der Waals surface area contributed by atoms with Gasteiger partial charge in [-0.05, 0) is 34.9 Å². The largest absolute Gasteiger partial charge is 0.330 e. The lowest BCUT2D eigenvalue weighted by Crippen LogP contribution is -2.40. The molecule has 28 heavy (non-hydrogen) atoms. The fourth-order valence-electron chi connectivity index (χ4n) is 3.76. The molecule has 0 radical (unpaired) electrons. The molecule has 1 fully saturated rings. The molecule has 0 spiro atoms. The van der Waals surface area contributed by atoms with E-state index in [1.807, 2.05) is 54.6 Å². The second kappa shape index (κ2) is 7.57. The summed E-state index contributed by atoms with van der Waals surface area (Å²) in [6, 6.07) is 20.3. The minimum absolute atomic E-state index is 0.00599. The Kier molecular flexibility index (Phi) is 5.13. The Bertz CT molecular complexity index is 1140. The average molecular weight is 414 g/mol. The summed E-state index contributed by atoms with van der Waals surface area (Å²) in [5.74, 6) is -0.0631. The molecule has 0 aliphatic carbocycles. The van der Waals surface area contributed by atoms with Gasteiger partial charge in [0.25, 0.3) is 5.91 Å². The molecular formula is C22H20ClNO3S. The second-order valence-electron chi connectivity index (χ2n) is 7.11. The van der Waals surface area contributed by atoms with E-state index in [9.17, 15) is 13.2 Å². The molecule has 0 saturated carbocycles. The van der Waals surface area contributed by atoms with E-state index in [1.165, 1.54) is 0 Å². The molecule has 1 aliphatic heterocycles. The van der Waals surface area contributed by atoms with E-state index >= 15 is 0 Å². The number of halogens is 1. The highest BCUT2D eigenvalue weighted by molar-refractivity contribution is 7.91. The van der Waals surface area contributed by atoms with Gasteiger partial charge in [-0.15, -0.1) is 0 Å². The topological polar surface area (TPSA) is 54.5 Å². The van der Waals surface area contributed by atoms with E-state index in [0.29, 0.717) is 17.0 Å². The summed E-state index contributed by atoms with van der Waals surface area (Å²) in [5.41, 5.74) is 1.39. The number of carbonyl (C=O) groups is 1. The lowest BCUT2D eigenvalue weighted by molar-refractivity contribution is 0.0683. The summed E-state index contributed by atoms with van der Waals surface area (Å²) >= 11 is 6.32. The predicted molar refractivity (Wildman–Crippen MR) is 112 cm³/mol. The van der Waals surface area contributed by atoms with Gasteiger partial charge in [-0.1, -0.05) is 66.2 Å². The SMILES string of the molecule is O=C(c1cccc2ccccc12)N(Cc1ccccc1Cl)[C@H]1CCS(=O)(=O)C1. The van der Waals surface area contributed by atoms with Gasteiger partial charge in [0.1, 0.15) is 0 Å². The van der Waals surface area contributed by atoms with Crippen LogP contribution >= 0.6 is 11.6 Å². The molecule has 0 unspecified atom stereocenters. The number of sulfone groups is 1. The minimum atomic E-state index is -3.13. The quantitative estimate of drug-likeness (QED) is 0.640. The molecule has 3 aromatic rings. The van der Waals surface area contributed by atoms with Crippen LogP contribution in [0, 0.1) is 0 Å². The van der Waals surface area contributed by atoms with Crippen LogP contribution in [-0.4, -0.2) is 36.8 Å². The number of amides is 1. The highest BCUT2D eigenvalue weighted by Crippen LogP contribution is 2.27. The second-order valence-corrected chi connectivity index (χ2v) is 9.74. The van der Waals surface area contributed by atoms with Crippen LogP contribution in [0.5, 0.6) is 0 Å². The summed E-state index contributed by atoms with van der Waals surface area (Å²) < 4.78 is 24.1. The first-order chi connectivity index (χ1) is 13.4. The summed E-state index contributed by atoms with van der Waals surface area (Å²) in [5, 5.41) is 2.41. The zero-order valence-electron chi connectivity index (χ0n) is 15.2. The van der Waals surface area contributed by atoms with E-state index < -0.39 is 9.84 Å². The molecule has 1 amide bonds. The molecule has 4 nitrogen and oxygen atoms in total. The zero-order chi connectivity index (χ0) is 19.7. The van der Waals surface area contributed by atoms with Crippen LogP contribution in [0.2, 0.25) is 5.02 Å². The van der Waals surface area contributed by atoms with Crippen LogP contribution in [0.15, 0.2) is 66.7 Å². The van der Waals surface area contributed by atoms with Gasteiger partial charge in [-0.2, -0.15) is 0 Å². The summed E-state index contributed by atoms with van der Waals surface area (Å²) in [7, 11) is -3.13. The van der Waals surface area contributed by atoms with Crippen molar-refractivity contribution in [3.05, 3.63) is 82.9 Å². The Morgan fingerprint density at radius 1 is 1.00 bits per heavy atom. The van der Waals surface area contributed by atoms with Crippen molar-refractivity contribution >= 4 is 38.1 Å². The lowest BCUT2D eigenvalue weighted by Gasteiger charge is -2.29. The third-order valence-corrected chi connectivity index (χ3v) is 7.35. The average Bonchev–Trinajstić information content (AvgIpc) is 3.06. The first kappa shape index (κ1) is 19.0. The predicted octanol–water partition coefficient (Wildman–Crippen LogP) is 4.32. The fourth-order valence-corrected chi connectivity index (χ4v) is 5.69. The molecule has 1 atom stereocenters. The Morgan fingerprint density at radius 3 is 2.46 bits per heavy atom. The number of rotatable bonds is 4. The zero-order valence-corrected chi connectivity index (χ0v) is 16.8. The van der Waals surface area contributed by atoms with Crippen LogP contribution in [0.1, 0.15) is 22.3 Å².